The fourth-order valence-corrected chi connectivity index (χ4v) is 2.99. The Balaban J connectivity index is 2.06. The molecule has 0 saturated carbocycles. The summed E-state index contributed by atoms with van der Waals surface area (Å²) < 4.78 is 0. The summed E-state index contributed by atoms with van der Waals surface area (Å²) in [4.78, 5) is 25.6. The molecule has 5 heteroatoms. The molecule has 1 heterocycles. The van der Waals surface area contributed by atoms with Gasteiger partial charge in [0.1, 0.15) is 0 Å². The Kier molecular flexibility index (Phi) is 4.83. The number of para-hydroxylation sites is 1. The van der Waals surface area contributed by atoms with Gasteiger partial charge in [-0.15, -0.1) is 0 Å². The van der Waals surface area contributed by atoms with E-state index in [1.807, 2.05) is 37.3 Å². The third kappa shape index (κ3) is 3.54. The first-order valence-corrected chi connectivity index (χ1v) is 7.42. The molecule has 2 rings (SSSR count). The molecule has 2 amide bonds. The number of carbonyl (C=O) groups excluding carboxylic acids is 1. The Morgan fingerprint density at radius 2 is 2.05 bits per heavy atom. The molecule has 0 aromatic heterocycles. The lowest BCUT2D eigenvalue weighted by Crippen LogP contribution is -2.51. The molecule has 0 radical (unpaired) electrons. The maximum absolute atomic E-state index is 12.3. The highest BCUT2D eigenvalue weighted by molar-refractivity contribution is 5.90. The minimum atomic E-state index is -0.791. The third-order valence-electron chi connectivity index (χ3n) is 4.07. The van der Waals surface area contributed by atoms with E-state index < -0.39 is 11.4 Å². The van der Waals surface area contributed by atoms with E-state index in [1.54, 1.807) is 4.90 Å². The number of aliphatic carboxylic acids is 1. The summed E-state index contributed by atoms with van der Waals surface area (Å²) in [7, 11) is 0. The van der Waals surface area contributed by atoms with Crippen LogP contribution in [-0.2, 0) is 4.79 Å². The van der Waals surface area contributed by atoms with Crippen molar-refractivity contribution in [2.24, 2.45) is 5.41 Å². The van der Waals surface area contributed by atoms with Crippen LogP contribution in [0, 0.1) is 5.41 Å². The van der Waals surface area contributed by atoms with Crippen LogP contribution in [0.3, 0.4) is 0 Å². The summed E-state index contributed by atoms with van der Waals surface area (Å²) in [5, 5.41) is 12.4. The van der Waals surface area contributed by atoms with Gasteiger partial charge in [0.15, 0.2) is 0 Å². The van der Waals surface area contributed by atoms with Crippen LogP contribution >= 0.6 is 0 Å². The van der Waals surface area contributed by atoms with Gasteiger partial charge in [-0.3, -0.25) is 4.79 Å². The number of hydrogen-bond acceptors (Lipinski definition) is 2. The van der Waals surface area contributed by atoms with Crippen molar-refractivity contribution in [3.63, 3.8) is 0 Å². The number of carboxylic acid groups (broad SMARTS) is 1. The lowest BCUT2D eigenvalue weighted by molar-refractivity contribution is -0.152. The number of benzene rings is 1. The number of anilines is 1. The van der Waals surface area contributed by atoms with Gasteiger partial charge in [-0.1, -0.05) is 31.5 Å². The maximum atomic E-state index is 12.3. The van der Waals surface area contributed by atoms with Crippen LogP contribution < -0.4 is 5.32 Å². The molecule has 2 N–H and O–H groups in total. The number of hydrogen-bond donors (Lipinski definition) is 2. The fraction of sp³-hybridized carbons (Fsp3) is 0.500. The van der Waals surface area contributed by atoms with Crippen LogP contribution in [0.2, 0.25) is 0 Å². The zero-order valence-electron chi connectivity index (χ0n) is 12.3. The van der Waals surface area contributed by atoms with E-state index in [0.717, 1.165) is 18.5 Å². The van der Waals surface area contributed by atoms with Gasteiger partial charge in [0.05, 0.1) is 5.41 Å². The molecule has 5 nitrogen and oxygen atoms in total. The molecule has 0 bridgehead atoms. The molecule has 1 fully saturated rings. The second kappa shape index (κ2) is 6.61. The first-order chi connectivity index (χ1) is 10.1. The first kappa shape index (κ1) is 15.4. The molecule has 1 aliphatic rings. The van der Waals surface area contributed by atoms with Gasteiger partial charge in [0, 0.05) is 18.8 Å². The number of amides is 2. The van der Waals surface area contributed by atoms with Gasteiger partial charge in [-0.2, -0.15) is 0 Å². The Morgan fingerprint density at radius 3 is 2.67 bits per heavy atom. The molecule has 0 spiro atoms. The Labute approximate surface area is 125 Å². The lowest BCUT2D eigenvalue weighted by atomic mass is 9.76. The number of rotatable bonds is 4. The number of piperidine rings is 1. The van der Waals surface area contributed by atoms with Gasteiger partial charge in [-0.25, -0.2) is 4.79 Å². The van der Waals surface area contributed by atoms with Crippen molar-refractivity contribution in [3.05, 3.63) is 30.3 Å². The van der Waals surface area contributed by atoms with Crippen LogP contribution in [0.5, 0.6) is 0 Å². The summed E-state index contributed by atoms with van der Waals surface area (Å²) in [6.45, 7) is 2.87. The lowest BCUT2D eigenvalue weighted by Gasteiger charge is -2.39. The normalized spacial score (nSPS) is 21.9. The monoisotopic (exact) mass is 290 g/mol. The molecular weight excluding hydrogens is 268 g/mol. The number of carbonyl (C=O) groups is 2. The number of urea groups is 1. The molecule has 1 unspecified atom stereocenters. The predicted octanol–water partition coefficient (Wildman–Crippen LogP) is 3.19. The van der Waals surface area contributed by atoms with Crippen LogP contribution in [0.15, 0.2) is 30.3 Å². The number of nitrogens with zero attached hydrogens (tertiary/aromatic N) is 1. The van der Waals surface area contributed by atoms with Crippen molar-refractivity contribution in [2.45, 2.75) is 32.6 Å². The van der Waals surface area contributed by atoms with Crippen molar-refractivity contribution in [2.75, 3.05) is 18.4 Å². The summed E-state index contributed by atoms with van der Waals surface area (Å²) in [6.07, 6.45) is 2.79. The van der Waals surface area contributed by atoms with E-state index in [0.29, 0.717) is 19.4 Å². The van der Waals surface area contributed by atoms with E-state index in [9.17, 15) is 14.7 Å². The minimum Gasteiger partial charge on any atom is -0.481 e. The first-order valence-electron chi connectivity index (χ1n) is 7.42. The average molecular weight is 290 g/mol. The molecule has 1 atom stereocenters. The topological polar surface area (TPSA) is 69.6 Å². The minimum absolute atomic E-state index is 0.220. The quantitative estimate of drug-likeness (QED) is 0.894. The van der Waals surface area contributed by atoms with Gasteiger partial charge in [0.2, 0.25) is 0 Å². The van der Waals surface area contributed by atoms with Gasteiger partial charge in [0.25, 0.3) is 0 Å². The number of likely N-dealkylation sites (tertiary alicyclic amines) is 1. The summed E-state index contributed by atoms with van der Waals surface area (Å²) in [6, 6.07) is 9.00. The van der Waals surface area contributed by atoms with E-state index in [-0.39, 0.29) is 12.6 Å². The van der Waals surface area contributed by atoms with Crippen LogP contribution in [-0.4, -0.2) is 35.1 Å². The third-order valence-corrected chi connectivity index (χ3v) is 4.07. The van der Waals surface area contributed by atoms with E-state index in [4.69, 9.17) is 0 Å². The van der Waals surface area contributed by atoms with Crippen LogP contribution in [0.1, 0.15) is 32.6 Å². The Morgan fingerprint density at radius 1 is 1.33 bits per heavy atom. The summed E-state index contributed by atoms with van der Waals surface area (Å²) in [5.41, 5.74) is -0.0643. The average Bonchev–Trinajstić information content (AvgIpc) is 2.48. The summed E-state index contributed by atoms with van der Waals surface area (Å²) >= 11 is 0. The zero-order valence-corrected chi connectivity index (χ0v) is 12.3. The number of carboxylic acids is 1. The second-order valence-electron chi connectivity index (χ2n) is 5.66. The van der Waals surface area contributed by atoms with Crippen molar-refractivity contribution in [1.29, 1.82) is 0 Å². The maximum Gasteiger partial charge on any atom is 0.321 e. The highest BCUT2D eigenvalue weighted by Crippen LogP contribution is 2.35. The molecule has 21 heavy (non-hydrogen) atoms. The highest BCUT2D eigenvalue weighted by Gasteiger charge is 2.42. The number of nitrogens with one attached hydrogen (secondary N) is 1. The van der Waals surface area contributed by atoms with Crippen molar-refractivity contribution < 1.29 is 14.7 Å². The second-order valence-corrected chi connectivity index (χ2v) is 5.66. The molecule has 1 saturated heterocycles. The van der Waals surface area contributed by atoms with Crippen LogP contribution in [0.4, 0.5) is 10.5 Å². The van der Waals surface area contributed by atoms with Gasteiger partial charge >= 0.3 is 12.0 Å². The highest BCUT2D eigenvalue weighted by atomic mass is 16.4. The Hall–Kier alpha value is -2.04. The molecule has 0 aliphatic carbocycles. The molecule has 1 aromatic carbocycles. The Bertz CT molecular complexity index is 500. The molecular formula is C16H22N2O3. The van der Waals surface area contributed by atoms with E-state index in [2.05, 4.69) is 5.32 Å². The van der Waals surface area contributed by atoms with Crippen molar-refractivity contribution in [3.8, 4) is 0 Å². The molecule has 114 valence electrons. The van der Waals surface area contributed by atoms with Gasteiger partial charge < -0.3 is 15.3 Å². The standard InChI is InChI=1S/C16H22N2O3/c1-2-9-16(14(19)20)10-6-11-18(12-16)15(21)17-13-7-4-3-5-8-13/h3-5,7-8H,2,6,9-12H2,1H3,(H,17,21)(H,19,20). The molecule has 1 aromatic rings. The molecule has 1 aliphatic heterocycles. The van der Waals surface area contributed by atoms with Crippen LogP contribution in [0.25, 0.3) is 0 Å². The zero-order chi connectivity index (χ0) is 15.3. The van der Waals surface area contributed by atoms with E-state index in [1.165, 1.54) is 0 Å². The predicted molar refractivity (Wildman–Crippen MR) is 81.2 cm³/mol. The van der Waals surface area contributed by atoms with Crippen molar-refractivity contribution in [1.82, 2.24) is 4.90 Å². The SMILES string of the molecule is CCCC1(C(=O)O)CCCN(C(=O)Nc2ccccc2)C1. The van der Waals surface area contributed by atoms with E-state index >= 15 is 0 Å². The fourth-order valence-electron chi connectivity index (χ4n) is 2.99. The summed E-state index contributed by atoms with van der Waals surface area (Å²) in [5.74, 6) is -0.790. The smallest absolute Gasteiger partial charge is 0.321 e. The van der Waals surface area contributed by atoms with Gasteiger partial charge in [-0.05, 0) is 31.4 Å². The van der Waals surface area contributed by atoms with Crippen molar-refractivity contribution >= 4 is 17.7 Å². The largest absolute Gasteiger partial charge is 0.481 e.